The van der Waals surface area contributed by atoms with E-state index in [9.17, 15) is 12.8 Å². The molecule has 0 spiro atoms. The summed E-state index contributed by atoms with van der Waals surface area (Å²) < 4.78 is 40.9. The van der Waals surface area contributed by atoms with E-state index in [1.807, 2.05) is 22.6 Å². The molecule has 19 heavy (non-hydrogen) atoms. The van der Waals surface area contributed by atoms with Crippen LogP contribution in [0.3, 0.4) is 0 Å². The van der Waals surface area contributed by atoms with Crippen molar-refractivity contribution >= 4 is 44.0 Å². The molecule has 3 N–H and O–H groups in total. The summed E-state index contributed by atoms with van der Waals surface area (Å²) in [4.78, 5) is -0.466. The molecule has 0 saturated heterocycles. The molecule has 0 saturated carbocycles. The molecule has 0 aliphatic carbocycles. The summed E-state index contributed by atoms with van der Waals surface area (Å²) in [6.45, 7) is 0. The molecular weight excluding hydrogens is 382 g/mol. The first-order chi connectivity index (χ1) is 8.90. The number of nitrogens with two attached hydrogens (primary N) is 1. The standard InChI is InChI=1S/C12H10FIN2O2S/c13-9-6-5-8(15)7-12(9)19(17,18)16-11-4-2-1-3-10(11)14/h1-7,16H,15H2. The van der Waals surface area contributed by atoms with Gasteiger partial charge in [-0.2, -0.15) is 0 Å². The molecule has 7 heteroatoms. The van der Waals surface area contributed by atoms with Crippen LogP contribution in [-0.2, 0) is 10.0 Å². The largest absolute Gasteiger partial charge is 0.399 e. The highest BCUT2D eigenvalue weighted by atomic mass is 127. The number of nitrogen functional groups attached to an aromatic ring is 1. The summed E-state index contributed by atoms with van der Waals surface area (Å²) in [5.74, 6) is -0.840. The highest BCUT2D eigenvalue weighted by Crippen LogP contribution is 2.23. The third-order valence-corrected chi connectivity index (χ3v) is 4.68. The quantitative estimate of drug-likeness (QED) is 0.624. The van der Waals surface area contributed by atoms with E-state index in [0.717, 1.165) is 12.1 Å². The smallest absolute Gasteiger partial charge is 0.264 e. The van der Waals surface area contributed by atoms with E-state index in [2.05, 4.69) is 4.72 Å². The summed E-state index contributed by atoms with van der Waals surface area (Å²) in [5, 5.41) is 0. The van der Waals surface area contributed by atoms with E-state index >= 15 is 0 Å². The molecule has 2 aromatic rings. The number of rotatable bonds is 3. The summed E-state index contributed by atoms with van der Waals surface area (Å²) in [6, 6.07) is 10.2. The van der Waals surface area contributed by atoms with Gasteiger partial charge in [-0.05, 0) is 52.9 Å². The molecule has 2 aromatic carbocycles. The average Bonchev–Trinajstić information content (AvgIpc) is 2.35. The molecule has 0 radical (unpaired) electrons. The first kappa shape index (κ1) is 14.1. The number of halogens is 2. The van der Waals surface area contributed by atoms with Crippen LogP contribution in [0.1, 0.15) is 0 Å². The van der Waals surface area contributed by atoms with Crippen LogP contribution in [0.25, 0.3) is 0 Å². The van der Waals surface area contributed by atoms with Gasteiger partial charge in [-0.1, -0.05) is 12.1 Å². The Balaban J connectivity index is 2.44. The Morgan fingerprint density at radius 2 is 1.84 bits per heavy atom. The van der Waals surface area contributed by atoms with E-state index in [1.165, 1.54) is 6.07 Å². The second-order valence-electron chi connectivity index (χ2n) is 3.78. The summed E-state index contributed by atoms with van der Waals surface area (Å²) in [5.41, 5.74) is 6.07. The minimum atomic E-state index is -4.00. The van der Waals surface area contributed by atoms with Crippen molar-refractivity contribution in [3.8, 4) is 0 Å². The fourth-order valence-corrected chi connectivity index (χ4v) is 3.37. The molecule has 0 aromatic heterocycles. The zero-order valence-corrected chi connectivity index (χ0v) is 12.6. The number of benzene rings is 2. The zero-order chi connectivity index (χ0) is 14.0. The molecule has 100 valence electrons. The van der Waals surface area contributed by atoms with Crippen molar-refractivity contribution in [1.82, 2.24) is 0 Å². The summed E-state index contributed by atoms with van der Waals surface area (Å²) in [6.07, 6.45) is 0. The van der Waals surface area contributed by atoms with Gasteiger partial charge in [0.1, 0.15) is 10.7 Å². The van der Waals surface area contributed by atoms with Crippen LogP contribution in [-0.4, -0.2) is 8.42 Å². The van der Waals surface area contributed by atoms with Crippen LogP contribution < -0.4 is 10.5 Å². The highest BCUT2D eigenvalue weighted by Gasteiger charge is 2.20. The van der Waals surface area contributed by atoms with E-state index in [1.54, 1.807) is 24.3 Å². The minimum absolute atomic E-state index is 0.185. The molecule has 2 rings (SSSR count). The zero-order valence-electron chi connectivity index (χ0n) is 9.60. The van der Waals surface area contributed by atoms with Crippen LogP contribution in [0.5, 0.6) is 0 Å². The Kier molecular flexibility index (Phi) is 3.95. The molecule has 0 heterocycles. The van der Waals surface area contributed by atoms with Crippen molar-refractivity contribution in [3.63, 3.8) is 0 Å². The lowest BCUT2D eigenvalue weighted by Gasteiger charge is -2.10. The van der Waals surface area contributed by atoms with E-state index in [0.29, 0.717) is 9.26 Å². The number of hydrogen-bond donors (Lipinski definition) is 2. The van der Waals surface area contributed by atoms with Crippen molar-refractivity contribution in [2.45, 2.75) is 4.90 Å². The normalized spacial score (nSPS) is 11.3. The monoisotopic (exact) mass is 392 g/mol. The second-order valence-corrected chi connectivity index (χ2v) is 6.59. The van der Waals surface area contributed by atoms with Crippen molar-refractivity contribution in [2.24, 2.45) is 0 Å². The molecule has 0 atom stereocenters. The third-order valence-electron chi connectivity index (χ3n) is 2.36. The number of para-hydroxylation sites is 1. The van der Waals surface area contributed by atoms with Gasteiger partial charge in [-0.3, -0.25) is 4.72 Å². The van der Waals surface area contributed by atoms with E-state index < -0.39 is 20.7 Å². The molecule has 0 fully saturated rings. The lowest BCUT2D eigenvalue weighted by molar-refractivity contribution is 0.570. The predicted molar refractivity (Wildman–Crippen MR) is 80.8 cm³/mol. The van der Waals surface area contributed by atoms with Gasteiger partial charge in [-0.25, -0.2) is 12.8 Å². The van der Waals surface area contributed by atoms with Gasteiger partial charge in [0.25, 0.3) is 10.0 Å². The molecule has 0 unspecified atom stereocenters. The highest BCUT2D eigenvalue weighted by molar-refractivity contribution is 14.1. The fraction of sp³-hybridized carbons (Fsp3) is 0. The first-order valence-corrected chi connectivity index (χ1v) is 7.79. The Labute approximate surface area is 124 Å². The minimum Gasteiger partial charge on any atom is -0.399 e. The van der Waals surface area contributed by atoms with Crippen LogP contribution in [0.4, 0.5) is 15.8 Å². The molecular formula is C12H10FIN2O2S. The number of hydrogen-bond acceptors (Lipinski definition) is 3. The maximum absolute atomic E-state index is 13.6. The van der Waals surface area contributed by atoms with Crippen molar-refractivity contribution in [2.75, 3.05) is 10.5 Å². The average molecular weight is 392 g/mol. The van der Waals surface area contributed by atoms with Crippen molar-refractivity contribution in [1.29, 1.82) is 0 Å². The Hall–Kier alpha value is -1.35. The fourth-order valence-electron chi connectivity index (χ4n) is 1.47. The predicted octanol–water partition coefficient (Wildman–Crippen LogP) is 2.81. The summed E-state index contributed by atoms with van der Waals surface area (Å²) >= 11 is 1.99. The topological polar surface area (TPSA) is 72.2 Å². The van der Waals surface area contributed by atoms with Gasteiger partial charge in [0, 0.05) is 9.26 Å². The van der Waals surface area contributed by atoms with Gasteiger partial charge < -0.3 is 5.73 Å². The number of anilines is 2. The van der Waals surface area contributed by atoms with Crippen molar-refractivity contribution < 1.29 is 12.8 Å². The van der Waals surface area contributed by atoms with Crippen LogP contribution >= 0.6 is 22.6 Å². The SMILES string of the molecule is Nc1ccc(F)c(S(=O)(=O)Nc2ccccc2I)c1. The van der Waals surface area contributed by atoms with Crippen LogP contribution in [0.15, 0.2) is 47.4 Å². The Bertz CT molecular complexity index is 719. The van der Waals surface area contributed by atoms with E-state index in [4.69, 9.17) is 5.73 Å². The van der Waals surface area contributed by atoms with Crippen LogP contribution in [0, 0.1) is 9.39 Å². The van der Waals surface area contributed by atoms with Gasteiger partial charge >= 0.3 is 0 Å². The lowest BCUT2D eigenvalue weighted by Crippen LogP contribution is -2.15. The van der Waals surface area contributed by atoms with E-state index in [-0.39, 0.29) is 5.69 Å². The maximum Gasteiger partial charge on any atom is 0.264 e. The second kappa shape index (κ2) is 5.33. The third kappa shape index (κ3) is 3.16. The molecule has 0 aliphatic heterocycles. The van der Waals surface area contributed by atoms with Crippen LogP contribution in [0.2, 0.25) is 0 Å². The summed E-state index contributed by atoms with van der Waals surface area (Å²) in [7, 11) is -4.00. The molecule has 0 amide bonds. The van der Waals surface area contributed by atoms with Gasteiger partial charge in [0.15, 0.2) is 0 Å². The molecule has 0 aliphatic rings. The molecule has 4 nitrogen and oxygen atoms in total. The Morgan fingerprint density at radius 1 is 1.16 bits per heavy atom. The van der Waals surface area contributed by atoms with Gasteiger partial charge in [0.05, 0.1) is 5.69 Å². The molecule has 0 bridgehead atoms. The van der Waals surface area contributed by atoms with Gasteiger partial charge in [-0.15, -0.1) is 0 Å². The number of nitrogens with one attached hydrogen (secondary N) is 1. The Morgan fingerprint density at radius 3 is 2.53 bits per heavy atom. The first-order valence-electron chi connectivity index (χ1n) is 5.22. The lowest BCUT2D eigenvalue weighted by atomic mass is 10.3. The van der Waals surface area contributed by atoms with Crippen molar-refractivity contribution in [3.05, 3.63) is 51.9 Å². The van der Waals surface area contributed by atoms with Gasteiger partial charge in [0.2, 0.25) is 0 Å². The number of sulfonamides is 1. The maximum atomic E-state index is 13.6.